The van der Waals surface area contributed by atoms with Crippen LogP contribution in [0.3, 0.4) is 0 Å². The highest BCUT2D eigenvalue weighted by atomic mass is 16.5. The van der Waals surface area contributed by atoms with Gasteiger partial charge in [0.05, 0.1) is 0 Å². The Kier molecular flexibility index (Phi) is 5.12. The van der Waals surface area contributed by atoms with Gasteiger partial charge in [0.2, 0.25) is 0 Å². The highest BCUT2D eigenvalue weighted by Crippen LogP contribution is 2.58. The van der Waals surface area contributed by atoms with E-state index in [1.165, 1.54) is 55.7 Å². The molecule has 0 bridgehead atoms. The van der Waals surface area contributed by atoms with E-state index >= 15 is 0 Å². The van der Waals surface area contributed by atoms with Gasteiger partial charge in [-0.05, 0) is 70.2 Å². The van der Waals surface area contributed by atoms with E-state index in [0.29, 0.717) is 0 Å². The molecule has 8 rings (SSSR count). The summed E-state index contributed by atoms with van der Waals surface area (Å²) in [7, 11) is 0. The van der Waals surface area contributed by atoms with Gasteiger partial charge >= 0.3 is 0 Å². The molecule has 40 heavy (non-hydrogen) atoms. The summed E-state index contributed by atoms with van der Waals surface area (Å²) in [5, 5.41) is 0. The van der Waals surface area contributed by atoms with Crippen LogP contribution in [0.1, 0.15) is 37.8 Å². The standard InChI is InChI=1S/C37H30BNO/c1-37(2)33(26-17-8-4-9-18-26)32(25-15-6-3-7-16-25)35-36(37)38-28-21-12-13-22-29(28)39(27-19-10-5-11-20-27)30-23-14-24-31(40-35)34(30)38/h3-4,6-10,12-24H,5,11H2,1-2H3. The monoisotopic (exact) mass is 515 g/mol. The Hall–Kier alpha value is -4.50. The summed E-state index contributed by atoms with van der Waals surface area (Å²) in [4.78, 5) is 2.45. The molecule has 4 aromatic rings. The lowest BCUT2D eigenvalue weighted by molar-refractivity contribution is 0.439. The van der Waals surface area contributed by atoms with Gasteiger partial charge in [0, 0.05) is 28.1 Å². The zero-order chi connectivity index (χ0) is 26.8. The van der Waals surface area contributed by atoms with E-state index in [9.17, 15) is 0 Å². The molecule has 3 heteroatoms. The molecule has 0 N–H and O–H groups in total. The third-order valence-corrected chi connectivity index (χ3v) is 8.94. The Balaban J connectivity index is 1.42. The van der Waals surface area contributed by atoms with Gasteiger partial charge in [0.15, 0.2) is 0 Å². The number of fused-ring (bicyclic) bond motifs is 3. The minimum Gasteiger partial charge on any atom is -0.458 e. The molecule has 2 nitrogen and oxygen atoms in total. The van der Waals surface area contributed by atoms with Crippen molar-refractivity contribution in [2.45, 2.75) is 26.7 Å². The average Bonchev–Trinajstić information content (AvgIpc) is 3.24. The van der Waals surface area contributed by atoms with Crippen molar-refractivity contribution < 1.29 is 4.74 Å². The first-order valence-electron chi connectivity index (χ1n) is 14.3. The summed E-state index contributed by atoms with van der Waals surface area (Å²) in [6.07, 6.45) is 9.09. The number of hydrogen-bond donors (Lipinski definition) is 0. The van der Waals surface area contributed by atoms with Gasteiger partial charge < -0.3 is 9.64 Å². The summed E-state index contributed by atoms with van der Waals surface area (Å²) in [5.41, 5.74) is 12.4. The van der Waals surface area contributed by atoms with Crippen molar-refractivity contribution in [3.05, 3.63) is 149 Å². The maximum Gasteiger partial charge on any atom is 0.252 e. The topological polar surface area (TPSA) is 12.5 Å². The molecule has 2 aliphatic carbocycles. The number of ether oxygens (including phenoxy) is 1. The van der Waals surface area contributed by atoms with E-state index < -0.39 is 0 Å². The number of allylic oxidation sites excluding steroid dienone is 6. The fourth-order valence-electron chi connectivity index (χ4n) is 7.35. The molecule has 0 fully saturated rings. The molecule has 0 saturated heterocycles. The lowest BCUT2D eigenvalue weighted by Gasteiger charge is -2.43. The lowest BCUT2D eigenvalue weighted by atomic mass is 9.30. The molecule has 0 atom stereocenters. The Bertz CT molecular complexity index is 1790. The SMILES string of the molecule is CC1(C)C2=C(Oc3cccc4c3B2c2ccccc2N4C2=CCCC=C2)C(c2ccccc2)=C1c1ccccc1. The Morgan fingerprint density at radius 1 is 0.725 bits per heavy atom. The first-order valence-corrected chi connectivity index (χ1v) is 14.3. The largest absolute Gasteiger partial charge is 0.458 e. The molecule has 4 aromatic carbocycles. The van der Waals surface area contributed by atoms with Crippen LogP contribution in [-0.2, 0) is 0 Å². The van der Waals surface area contributed by atoms with Crippen molar-refractivity contribution in [2.75, 3.05) is 4.90 Å². The summed E-state index contributed by atoms with van der Waals surface area (Å²) >= 11 is 0. The fourth-order valence-corrected chi connectivity index (χ4v) is 7.35. The summed E-state index contributed by atoms with van der Waals surface area (Å²) in [5.74, 6) is 1.98. The highest BCUT2D eigenvalue weighted by Gasteiger charge is 2.53. The third kappa shape index (κ3) is 3.24. The minimum absolute atomic E-state index is 0.102. The molecule has 0 aromatic heterocycles. The zero-order valence-corrected chi connectivity index (χ0v) is 22.9. The summed E-state index contributed by atoms with van der Waals surface area (Å²) < 4.78 is 7.07. The smallest absolute Gasteiger partial charge is 0.252 e. The van der Waals surface area contributed by atoms with Crippen molar-refractivity contribution in [3.8, 4) is 5.75 Å². The molecule has 0 unspecified atom stereocenters. The molecule has 192 valence electrons. The van der Waals surface area contributed by atoms with E-state index in [1.54, 1.807) is 0 Å². The zero-order valence-electron chi connectivity index (χ0n) is 22.9. The first kappa shape index (κ1) is 23.4. The van der Waals surface area contributed by atoms with Crippen LogP contribution in [0.5, 0.6) is 5.75 Å². The number of benzene rings is 4. The van der Waals surface area contributed by atoms with Crippen LogP contribution >= 0.6 is 0 Å². The van der Waals surface area contributed by atoms with Gasteiger partial charge in [-0.2, -0.15) is 0 Å². The van der Waals surface area contributed by atoms with Crippen molar-refractivity contribution in [2.24, 2.45) is 5.41 Å². The molecule has 0 amide bonds. The van der Waals surface area contributed by atoms with Gasteiger partial charge in [-0.15, -0.1) is 0 Å². The molecule has 2 heterocycles. The predicted octanol–water partition coefficient (Wildman–Crippen LogP) is 7.82. The van der Waals surface area contributed by atoms with Crippen LogP contribution in [0.2, 0.25) is 0 Å². The maximum absolute atomic E-state index is 7.07. The van der Waals surface area contributed by atoms with E-state index in [0.717, 1.165) is 24.4 Å². The van der Waals surface area contributed by atoms with Crippen LogP contribution in [0.4, 0.5) is 11.4 Å². The average molecular weight is 515 g/mol. The van der Waals surface area contributed by atoms with Gasteiger partial charge in [-0.25, -0.2) is 0 Å². The van der Waals surface area contributed by atoms with Gasteiger partial charge in [-0.3, -0.25) is 0 Å². The second-order valence-corrected chi connectivity index (χ2v) is 11.6. The van der Waals surface area contributed by atoms with Crippen molar-refractivity contribution >= 4 is 40.2 Å². The second-order valence-electron chi connectivity index (χ2n) is 11.6. The van der Waals surface area contributed by atoms with E-state index in [2.05, 4.69) is 140 Å². The first-order chi connectivity index (χ1) is 19.6. The Labute approximate surface area is 236 Å². The van der Waals surface area contributed by atoms with Crippen molar-refractivity contribution in [1.29, 1.82) is 0 Å². The number of para-hydroxylation sites is 1. The Morgan fingerprint density at radius 2 is 1.43 bits per heavy atom. The fraction of sp³-hybridized carbons (Fsp3) is 0.135. The summed E-state index contributed by atoms with van der Waals surface area (Å²) in [6.45, 7) is 4.88. The molecular weight excluding hydrogens is 485 g/mol. The highest BCUT2D eigenvalue weighted by molar-refractivity contribution is 6.95. The molecule has 0 saturated carbocycles. The number of hydrogen-bond acceptors (Lipinski definition) is 2. The van der Waals surface area contributed by atoms with Crippen LogP contribution in [0.25, 0.3) is 11.1 Å². The normalized spacial score (nSPS) is 18.2. The van der Waals surface area contributed by atoms with E-state index in [1.807, 2.05) is 0 Å². The molecule has 4 aliphatic rings. The lowest BCUT2D eigenvalue weighted by Crippen LogP contribution is -2.56. The summed E-state index contributed by atoms with van der Waals surface area (Å²) in [6, 6.07) is 37.2. The van der Waals surface area contributed by atoms with Gasteiger partial charge in [0.1, 0.15) is 11.5 Å². The number of nitrogens with zero attached hydrogens (tertiary/aromatic N) is 1. The van der Waals surface area contributed by atoms with Crippen LogP contribution in [-0.4, -0.2) is 6.71 Å². The number of anilines is 2. The quantitative estimate of drug-likeness (QED) is 0.258. The Morgan fingerprint density at radius 3 is 2.17 bits per heavy atom. The van der Waals surface area contributed by atoms with E-state index in [-0.39, 0.29) is 12.1 Å². The van der Waals surface area contributed by atoms with Gasteiger partial charge in [-0.1, -0.05) is 111 Å². The van der Waals surface area contributed by atoms with Crippen molar-refractivity contribution in [3.63, 3.8) is 0 Å². The second kappa shape index (κ2) is 8.76. The van der Waals surface area contributed by atoms with Crippen LogP contribution in [0.15, 0.2) is 138 Å². The third-order valence-electron chi connectivity index (χ3n) is 8.94. The van der Waals surface area contributed by atoms with Crippen LogP contribution < -0.4 is 20.6 Å². The van der Waals surface area contributed by atoms with E-state index in [4.69, 9.17) is 4.74 Å². The molecule has 0 spiro atoms. The van der Waals surface area contributed by atoms with Crippen molar-refractivity contribution in [1.82, 2.24) is 0 Å². The maximum atomic E-state index is 7.07. The van der Waals surface area contributed by atoms with Crippen LogP contribution in [0, 0.1) is 5.41 Å². The molecule has 0 radical (unpaired) electrons. The molecular formula is C37H30BNO. The minimum atomic E-state index is -0.253. The molecule has 2 aliphatic heterocycles. The predicted molar refractivity (Wildman–Crippen MR) is 168 cm³/mol. The van der Waals surface area contributed by atoms with Gasteiger partial charge in [0.25, 0.3) is 6.71 Å². The number of rotatable bonds is 3.